The molecule has 0 amide bonds. The minimum atomic E-state index is -0.929. The quantitative estimate of drug-likeness (QED) is 0.922. The minimum Gasteiger partial charge on any atom is -0.386 e. The standard InChI is InChI=1S/C15H21F2NO2/c1-3-15(2,18-6-8-20-9-7-18)14(19)11-4-5-12(16)13(17)10-11/h4-5,10,14,19H,3,6-9H2,1-2H3. The molecule has 1 aliphatic rings. The van der Waals surface area contributed by atoms with Crippen molar-refractivity contribution in [3.05, 3.63) is 35.4 Å². The summed E-state index contributed by atoms with van der Waals surface area (Å²) in [5, 5.41) is 10.6. The number of benzene rings is 1. The van der Waals surface area contributed by atoms with E-state index in [1.54, 1.807) is 0 Å². The maximum Gasteiger partial charge on any atom is 0.159 e. The topological polar surface area (TPSA) is 32.7 Å². The van der Waals surface area contributed by atoms with Crippen molar-refractivity contribution in [3.63, 3.8) is 0 Å². The molecule has 5 heteroatoms. The van der Waals surface area contributed by atoms with Gasteiger partial charge in [-0.3, -0.25) is 4.90 Å². The Morgan fingerprint density at radius 2 is 1.95 bits per heavy atom. The van der Waals surface area contributed by atoms with Crippen LogP contribution < -0.4 is 0 Å². The molecule has 3 nitrogen and oxygen atoms in total. The van der Waals surface area contributed by atoms with Crippen molar-refractivity contribution in [1.29, 1.82) is 0 Å². The summed E-state index contributed by atoms with van der Waals surface area (Å²) in [6, 6.07) is 3.58. The van der Waals surface area contributed by atoms with Gasteiger partial charge < -0.3 is 9.84 Å². The molecule has 2 atom stereocenters. The van der Waals surface area contributed by atoms with E-state index in [2.05, 4.69) is 4.90 Å². The molecule has 1 N–H and O–H groups in total. The third-order valence-electron chi connectivity index (χ3n) is 4.30. The van der Waals surface area contributed by atoms with Crippen molar-refractivity contribution in [3.8, 4) is 0 Å². The van der Waals surface area contributed by atoms with Gasteiger partial charge in [0.05, 0.1) is 19.3 Å². The number of ether oxygens (including phenoxy) is 1. The molecule has 1 aliphatic heterocycles. The Hall–Kier alpha value is -1.04. The van der Waals surface area contributed by atoms with Crippen molar-refractivity contribution in [2.45, 2.75) is 31.9 Å². The number of hydrogen-bond donors (Lipinski definition) is 1. The van der Waals surface area contributed by atoms with Crippen LogP contribution in [0.15, 0.2) is 18.2 Å². The van der Waals surface area contributed by atoms with Crippen molar-refractivity contribution in [2.75, 3.05) is 26.3 Å². The van der Waals surface area contributed by atoms with E-state index in [1.807, 2.05) is 13.8 Å². The molecule has 2 unspecified atom stereocenters. The van der Waals surface area contributed by atoms with Gasteiger partial charge in [-0.2, -0.15) is 0 Å². The molecular formula is C15H21F2NO2. The number of aliphatic hydroxyl groups excluding tert-OH is 1. The molecule has 20 heavy (non-hydrogen) atoms. The van der Waals surface area contributed by atoms with Crippen LogP contribution in [-0.2, 0) is 4.74 Å². The van der Waals surface area contributed by atoms with Gasteiger partial charge in [-0.1, -0.05) is 13.0 Å². The van der Waals surface area contributed by atoms with Crippen molar-refractivity contribution in [2.24, 2.45) is 0 Å². The van der Waals surface area contributed by atoms with Gasteiger partial charge in [0.2, 0.25) is 0 Å². The van der Waals surface area contributed by atoms with Crippen molar-refractivity contribution >= 4 is 0 Å². The van der Waals surface area contributed by atoms with Crippen LogP contribution in [0.1, 0.15) is 31.9 Å². The number of halogens is 2. The zero-order chi connectivity index (χ0) is 14.8. The number of aliphatic hydroxyl groups is 1. The second-order valence-electron chi connectivity index (χ2n) is 5.39. The lowest BCUT2D eigenvalue weighted by atomic mass is 9.85. The molecule has 2 rings (SSSR count). The van der Waals surface area contributed by atoms with Gasteiger partial charge in [0.15, 0.2) is 11.6 Å². The lowest BCUT2D eigenvalue weighted by Crippen LogP contribution is -2.54. The van der Waals surface area contributed by atoms with Crippen LogP contribution in [0, 0.1) is 11.6 Å². The summed E-state index contributed by atoms with van der Waals surface area (Å²) in [7, 11) is 0. The third kappa shape index (κ3) is 2.85. The van der Waals surface area contributed by atoms with Crippen molar-refractivity contribution < 1.29 is 18.6 Å². The number of nitrogens with zero attached hydrogens (tertiary/aromatic N) is 1. The molecule has 112 valence electrons. The van der Waals surface area contributed by atoms with E-state index in [4.69, 9.17) is 4.74 Å². The van der Waals surface area contributed by atoms with Crippen LogP contribution in [0.3, 0.4) is 0 Å². The van der Waals surface area contributed by atoms with Crippen LogP contribution in [0.4, 0.5) is 8.78 Å². The predicted octanol–water partition coefficient (Wildman–Crippen LogP) is 2.50. The molecule has 0 bridgehead atoms. The summed E-state index contributed by atoms with van der Waals surface area (Å²) in [6.07, 6.45) is -0.173. The van der Waals surface area contributed by atoms with Crippen LogP contribution in [0.5, 0.6) is 0 Å². The average Bonchev–Trinajstić information content (AvgIpc) is 2.49. The minimum absolute atomic E-state index is 0.403. The molecule has 0 spiro atoms. The number of rotatable bonds is 4. The van der Waals surface area contributed by atoms with E-state index in [0.717, 1.165) is 25.2 Å². The fraction of sp³-hybridized carbons (Fsp3) is 0.600. The zero-order valence-electron chi connectivity index (χ0n) is 11.9. The zero-order valence-corrected chi connectivity index (χ0v) is 11.9. The Morgan fingerprint density at radius 3 is 2.50 bits per heavy atom. The normalized spacial score (nSPS) is 21.4. The first kappa shape index (κ1) is 15.4. The fourth-order valence-electron chi connectivity index (χ4n) is 2.71. The number of morpholine rings is 1. The van der Waals surface area contributed by atoms with Crippen LogP contribution in [-0.4, -0.2) is 41.8 Å². The first-order valence-electron chi connectivity index (χ1n) is 6.95. The Labute approximate surface area is 118 Å². The highest BCUT2D eigenvalue weighted by Crippen LogP contribution is 2.35. The molecule has 0 aliphatic carbocycles. The smallest absolute Gasteiger partial charge is 0.159 e. The van der Waals surface area contributed by atoms with Crippen LogP contribution >= 0.6 is 0 Å². The second-order valence-corrected chi connectivity index (χ2v) is 5.39. The summed E-state index contributed by atoms with van der Waals surface area (Å²) in [5.41, 5.74) is -0.117. The van der Waals surface area contributed by atoms with E-state index in [0.29, 0.717) is 25.2 Å². The summed E-state index contributed by atoms with van der Waals surface area (Å²) < 4.78 is 31.7. The monoisotopic (exact) mass is 285 g/mol. The lowest BCUT2D eigenvalue weighted by Gasteiger charge is -2.46. The maximum absolute atomic E-state index is 13.4. The largest absolute Gasteiger partial charge is 0.386 e. The van der Waals surface area contributed by atoms with Gasteiger partial charge in [0, 0.05) is 18.6 Å². The highest BCUT2D eigenvalue weighted by molar-refractivity contribution is 5.23. The van der Waals surface area contributed by atoms with Crippen LogP contribution in [0.2, 0.25) is 0 Å². The van der Waals surface area contributed by atoms with Gasteiger partial charge in [-0.15, -0.1) is 0 Å². The highest BCUT2D eigenvalue weighted by atomic mass is 19.2. The van der Waals surface area contributed by atoms with Crippen molar-refractivity contribution in [1.82, 2.24) is 4.90 Å². The second kappa shape index (κ2) is 6.16. The fourth-order valence-corrected chi connectivity index (χ4v) is 2.71. The number of hydrogen-bond acceptors (Lipinski definition) is 3. The van der Waals surface area contributed by atoms with Gasteiger partial charge in [0.1, 0.15) is 0 Å². The lowest BCUT2D eigenvalue weighted by molar-refractivity contribution is -0.0735. The summed E-state index contributed by atoms with van der Waals surface area (Å²) >= 11 is 0. The molecule has 1 saturated heterocycles. The van der Waals surface area contributed by atoms with E-state index in [9.17, 15) is 13.9 Å². The Bertz CT molecular complexity index is 463. The van der Waals surface area contributed by atoms with E-state index >= 15 is 0 Å². The van der Waals surface area contributed by atoms with Gasteiger partial charge in [-0.05, 0) is 31.0 Å². The third-order valence-corrected chi connectivity index (χ3v) is 4.30. The van der Waals surface area contributed by atoms with Gasteiger partial charge in [-0.25, -0.2) is 8.78 Å². The molecular weight excluding hydrogens is 264 g/mol. The Morgan fingerprint density at radius 1 is 1.30 bits per heavy atom. The summed E-state index contributed by atoms with van der Waals surface area (Å²) in [5.74, 6) is -1.83. The van der Waals surface area contributed by atoms with Gasteiger partial charge in [0.25, 0.3) is 0 Å². The predicted molar refractivity (Wildman–Crippen MR) is 72.4 cm³/mol. The summed E-state index contributed by atoms with van der Waals surface area (Å²) in [6.45, 7) is 6.64. The molecule has 0 saturated carbocycles. The maximum atomic E-state index is 13.4. The average molecular weight is 285 g/mol. The van der Waals surface area contributed by atoms with E-state index < -0.39 is 23.3 Å². The molecule has 0 radical (unpaired) electrons. The highest BCUT2D eigenvalue weighted by Gasteiger charge is 2.39. The molecule has 1 fully saturated rings. The molecule has 1 aromatic carbocycles. The Balaban J connectivity index is 2.26. The Kier molecular flexibility index (Phi) is 4.73. The SMILES string of the molecule is CCC(C)(C(O)c1ccc(F)c(F)c1)N1CCOCC1. The van der Waals surface area contributed by atoms with Gasteiger partial charge >= 0.3 is 0 Å². The summed E-state index contributed by atoms with van der Waals surface area (Å²) in [4.78, 5) is 2.16. The molecule has 0 aromatic heterocycles. The molecule has 1 heterocycles. The van der Waals surface area contributed by atoms with E-state index in [-0.39, 0.29) is 0 Å². The van der Waals surface area contributed by atoms with E-state index in [1.165, 1.54) is 6.07 Å². The first-order valence-corrected chi connectivity index (χ1v) is 6.95. The molecule has 1 aromatic rings. The first-order chi connectivity index (χ1) is 9.49. The van der Waals surface area contributed by atoms with Crippen LogP contribution in [0.25, 0.3) is 0 Å².